The van der Waals surface area contributed by atoms with Gasteiger partial charge in [-0.2, -0.15) is 0 Å². The van der Waals surface area contributed by atoms with Gasteiger partial charge in [-0.15, -0.1) is 0 Å². The van der Waals surface area contributed by atoms with Crippen LogP contribution in [-0.2, 0) is 0 Å². The summed E-state index contributed by atoms with van der Waals surface area (Å²) in [6.07, 6.45) is 1.66. The number of rotatable bonds is 0. The molecule has 1 heterocycles. The van der Waals surface area contributed by atoms with E-state index in [-0.39, 0.29) is 11.7 Å². The zero-order valence-electron chi connectivity index (χ0n) is 7.42. The van der Waals surface area contributed by atoms with Crippen molar-refractivity contribution in [3.05, 3.63) is 26.3 Å². The van der Waals surface area contributed by atoms with Gasteiger partial charge < -0.3 is 0 Å². The van der Waals surface area contributed by atoms with Crippen LogP contribution in [0.25, 0.3) is 0 Å². The fraction of sp³-hybridized carbons (Fsp3) is 0.200. The van der Waals surface area contributed by atoms with E-state index in [2.05, 4.69) is 27.6 Å². The molecule has 0 spiro atoms. The molecular weight excluding hydrogens is 312 g/mol. The second kappa shape index (κ2) is 3.62. The summed E-state index contributed by atoms with van der Waals surface area (Å²) in [5, 5.41) is 0.642. The highest BCUT2D eigenvalue weighted by molar-refractivity contribution is 14.1. The molecule has 0 N–H and O–H groups in total. The van der Waals surface area contributed by atoms with Gasteiger partial charge in [0.25, 0.3) is 0 Å². The van der Waals surface area contributed by atoms with Gasteiger partial charge in [0, 0.05) is 15.3 Å². The largest absolute Gasteiger partial charge is 0.293 e. The normalized spacial score (nSPS) is 19.6. The molecule has 0 radical (unpaired) electrons. The zero-order valence-corrected chi connectivity index (χ0v) is 10.3. The number of hydrogen-bond donors (Lipinski definition) is 0. The Labute approximate surface area is 101 Å². The Balaban J connectivity index is 2.64. The number of aliphatic imine (C=N–C) groups is 1. The van der Waals surface area contributed by atoms with Gasteiger partial charge in [-0.05, 0) is 34.7 Å². The number of ketones is 1. The smallest absolute Gasteiger partial charge is 0.173 e. The van der Waals surface area contributed by atoms with Crippen molar-refractivity contribution in [1.82, 2.24) is 0 Å². The van der Waals surface area contributed by atoms with Crippen LogP contribution in [0.3, 0.4) is 0 Å². The van der Waals surface area contributed by atoms with Crippen molar-refractivity contribution in [3.63, 3.8) is 0 Å². The lowest BCUT2D eigenvalue weighted by Gasteiger charge is -2.14. The van der Waals surface area contributed by atoms with Crippen molar-refractivity contribution < 1.29 is 4.79 Å². The van der Waals surface area contributed by atoms with E-state index in [1.54, 1.807) is 18.3 Å². The minimum atomic E-state index is -0.125. The molecule has 4 heteroatoms. The first-order chi connectivity index (χ1) is 6.59. The van der Waals surface area contributed by atoms with E-state index >= 15 is 0 Å². The number of Topliss-reactive ketones (excluding diaryl/α,β-unsaturated/α-hetero) is 1. The lowest BCUT2D eigenvalue weighted by molar-refractivity contribution is 0.0962. The predicted octanol–water partition coefficient (Wildman–Crippen LogP) is 3.48. The maximum absolute atomic E-state index is 11.7. The first kappa shape index (κ1) is 10.1. The van der Waals surface area contributed by atoms with Crippen LogP contribution in [0.15, 0.2) is 17.1 Å². The molecule has 1 unspecified atom stereocenters. The molecule has 1 atom stereocenters. The monoisotopic (exact) mass is 319 g/mol. The van der Waals surface area contributed by atoms with Crippen LogP contribution in [0, 0.1) is 9.49 Å². The number of nitrogens with zero attached hydrogens (tertiary/aromatic N) is 1. The Morgan fingerprint density at radius 2 is 2.21 bits per heavy atom. The maximum Gasteiger partial charge on any atom is 0.173 e. The maximum atomic E-state index is 11.7. The number of carbonyl (C=O) groups excluding carboxylic acids is 1. The molecule has 1 aromatic rings. The van der Waals surface area contributed by atoms with Gasteiger partial charge in [0.15, 0.2) is 5.78 Å². The molecule has 0 saturated heterocycles. The van der Waals surface area contributed by atoms with Gasteiger partial charge >= 0.3 is 0 Å². The summed E-state index contributed by atoms with van der Waals surface area (Å²) in [5.74, 6) is -0.0101. The lowest BCUT2D eigenvalue weighted by atomic mass is 9.96. The SMILES string of the molecule is CC1C=Nc2cc(Cl)c(I)cc2C1=O. The third-order valence-corrected chi connectivity index (χ3v) is 3.68. The highest BCUT2D eigenvalue weighted by Crippen LogP contribution is 2.32. The lowest BCUT2D eigenvalue weighted by Crippen LogP contribution is -2.16. The summed E-state index contributed by atoms with van der Waals surface area (Å²) in [6.45, 7) is 1.84. The van der Waals surface area contributed by atoms with Crippen molar-refractivity contribution in [2.45, 2.75) is 6.92 Å². The first-order valence-corrected chi connectivity index (χ1v) is 5.62. The fourth-order valence-electron chi connectivity index (χ4n) is 1.35. The third-order valence-electron chi connectivity index (χ3n) is 2.15. The van der Waals surface area contributed by atoms with Gasteiger partial charge in [0.1, 0.15) is 0 Å². The Hall–Kier alpha value is -0.420. The van der Waals surface area contributed by atoms with E-state index in [0.717, 1.165) is 3.57 Å². The molecule has 1 aliphatic rings. The fourth-order valence-corrected chi connectivity index (χ4v) is 1.97. The molecular formula is C10H7ClINO. The summed E-state index contributed by atoms with van der Waals surface area (Å²) in [4.78, 5) is 15.9. The molecule has 1 aliphatic heterocycles. The Kier molecular flexibility index (Phi) is 2.62. The van der Waals surface area contributed by atoms with Gasteiger partial charge in [0.2, 0.25) is 0 Å². The van der Waals surface area contributed by atoms with Crippen LogP contribution in [-0.4, -0.2) is 12.0 Å². The number of carbonyl (C=O) groups is 1. The van der Waals surface area contributed by atoms with Crippen molar-refractivity contribution >= 4 is 51.9 Å². The van der Waals surface area contributed by atoms with Crippen molar-refractivity contribution in [2.75, 3.05) is 0 Å². The zero-order chi connectivity index (χ0) is 10.3. The average molecular weight is 320 g/mol. The molecule has 2 rings (SSSR count). The topological polar surface area (TPSA) is 29.4 Å². The van der Waals surface area contributed by atoms with Gasteiger partial charge in [-0.25, -0.2) is 0 Å². The Morgan fingerprint density at radius 1 is 1.50 bits per heavy atom. The molecule has 14 heavy (non-hydrogen) atoms. The van der Waals surface area contributed by atoms with E-state index in [0.29, 0.717) is 16.3 Å². The summed E-state index contributed by atoms with van der Waals surface area (Å²) in [5.41, 5.74) is 1.35. The van der Waals surface area contributed by atoms with Crippen LogP contribution in [0.1, 0.15) is 17.3 Å². The minimum Gasteiger partial charge on any atom is -0.293 e. The Morgan fingerprint density at radius 3 is 2.93 bits per heavy atom. The van der Waals surface area contributed by atoms with Crippen LogP contribution >= 0.6 is 34.2 Å². The highest BCUT2D eigenvalue weighted by Gasteiger charge is 2.21. The molecule has 72 valence electrons. The quantitative estimate of drug-likeness (QED) is 0.673. The van der Waals surface area contributed by atoms with Gasteiger partial charge in [-0.3, -0.25) is 9.79 Å². The number of fused-ring (bicyclic) bond motifs is 1. The number of halogens is 2. The van der Waals surface area contributed by atoms with E-state index in [4.69, 9.17) is 11.6 Å². The van der Waals surface area contributed by atoms with Crippen LogP contribution in [0.2, 0.25) is 5.02 Å². The molecule has 2 nitrogen and oxygen atoms in total. The minimum absolute atomic E-state index is 0.115. The van der Waals surface area contributed by atoms with E-state index < -0.39 is 0 Å². The second-order valence-corrected chi connectivity index (χ2v) is 4.78. The van der Waals surface area contributed by atoms with Crippen LogP contribution in [0.5, 0.6) is 0 Å². The van der Waals surface area contributed by atoms with Crippen molar-refractivity contribution in [2.24, 2.45) is 10.9 Å². The van der Waals surface area contributed by atoms with E-state index in [1.165, 1.54) is 0 Å². The summed E-state index contributed by atoms with van der Waals surface area (Å²) in [7, 11) is 0. The van der Waals surface area contributed by atoms with Gasteiger partial charge in [-0.1, -0.05) is 18.5 Å². The molecule has 0 aromatic heterocycles. The first-order valence-electron chi connectivity index (χ1n) is 4.17. The summed E-state index contributed by atoms with van der Waals surface area (Å²) in [6, 6.07) is 3.53. The van der Waals surface area contributed by atoms with Crippen LogP contribution < -0.4 is 0 Å². The highest BCUT2D eigenvalue weighted by atomic mass is 127. The van der Waals surface area contributed by atoms with Crippen LogP contribution in [0.4, 0.5) is 5.69 Å². The second-order valence-electron chi connectivity index (χ2n) is 3.21. The summed E-state index contributed by atoms with van der Waals surface area (Å²) < 4.78 is 0.890. The van der Waals surface area contributed by atoms with Crippen molar-refractivity contribution in [3.8, 4) is 0 Å². The summed E-state index contributed by atoms with van der Waals surface area (Å²) >= 11 is 8.05. The molecule has 0 amide bonds. The molecule has 0 aliphatic carbocycles. The van der Waals surface area contributed by atoms with Crippen molar-refractivity contribution in [1.29, 1.82) is 0 Å². The van der Waals surface area contributed by atoms with E-state index in [1.807, 2.05) is 6.92 Å². The Bertz CT molecular complexity index is 442. The predicted molar refractivity (Wildman–Crippen MR) is 65.8 cm³/mol. The molecule has 0 fully saturated rings. The molecule has 0 saturated carbocycles. The molecule has 0 bridgehead atoms. The third kappa shape index (κ3) is 1.59. The average Bonchev–Trinajstić information content (AvgIpc) is 2.15. The number of hydrogen-bond acceptors (Lipinski definition) is 2. The number of benzene rings is 1. The standard InChI is InChI=1S/C10H7ClINO/c1-5-4-13-9-3-7(11)8(12)2-6(9)10(5)14/h2-5H,1H3. The molecule has 1 aromatic carbocycles. The van der Waals surface area contributed by atoms with E-state index in [9.17, 15) is 4.79 Å². The van der Waals surface area contributed by atoms with Gasteiger partial charge in [0.05, 0.1) is 16.6 Å².